The van der Waals surface area contributed by atoms with Crippen molar-refractivity contribution in [2.24, 2.45) is 0 Å². The lowest BCUT2D eigenvalue weighted by molar-refractivity contribution is -0.161. The summed E-state index contributed by atoms with van der Waals surface area (Å²) >= 11 is 0. The van der Waals surface area contributed by atoms with Gasteiger partial charge < -0.3 is 24.2 Å². The van der Waals surface area contributed by atoms with E-state index in [2.05, 4.69) is 130 Å². The SMILES string of the molecule is CC/C=C\C/C=C\C/C=C\C/C=C\C/C=C\CCCCCC(=O)OC(COC(=O)CCCCCCC/C=C\CCCCCC)COP(=O)(O)OCC(CO)OC(=O)CCCCCCCCC/C=C\C/C=C\C/C=C\CC. The molecule has 0 aliphatic carbocycles. The fourth-order valence-corrected chi connectivity index (χ4v) is 8.47. The summed E-state index contributed by atoms with van der Waals surface area (Å²) in [6.45, 7) is 4.35. The zero-order chi connectivity index (χ0) is 55.5. The number of carbonyl (C=O) groups excluding carboxylic acids is 3. The first-order chi connectivity index (χ1) is 37.2. The number of unbranched alkanes of at least 4 members (excludes halogenated alkanes) is 19. The lowest BCUT2D eigenvalue weighted by Crippen LogP contribution is -2.30. The minimum atomic E-state index is -4.77. The predicted octanol–water partition coefficient (Wildman–Crippen LogP) is 17.8. The van der Waals surface area contributed by atoms with E-state index in [1.54, 1.807) is 0 Å². The van der Waals surface area contributed by atoms with Gasteiger partial charge in [-0.25, -0.2) is 4.57 Å². The Bertz CT molecular complexity index is 1690. The molecular formula is C64H107O11P. The first-order valence-corrected chi connectivity index (χ1v) is 31.3. The Kier molecular flexibility index (Phi) is 54.4. The Morgan fingerprint density at radius 3 is 1.08 bits per heavy atom. The van der Waals surface area contributed by atoms with Crippen molar-refractivity contribution in [2.45, 2.75) is 251 Å². The molecule has 0 radical (unpaired) electrons. The minimum Gasteiger partial charge on any atom is -0.462 e. The Labute approximate surface area is 463 Å². The number of phosphoric acid groups is 1. The van der Waals surface area contributed by atoms with Crippen molar-refractivity contribution in [3.05, 3.63) is 109 Å². The molecule has 3 atom stereocenters. The number of esters is 3. The molecule has 434 valence electrons. The van der Waals surface area contributed by atoms with Gasteiger partial charge in [0.2, 0.25) is 0 Å². The van der Waals surface area contributed by atoms with E-state index >= 15 is 0 Å². The summed E-state index contributed by atoms with van der Waals surface area (Å²) in [4.78, 5) is 48.6. The summed E-state index contributed by atoms with van der Waals surface area (Å²) in [6, 6.07) is 0. The van der Waals surface area contributed by atoms with Crippen LogP contribution in [0.4, 0.5) is 0 Å². The second-order valence-corrected chi connectivity index (χ2v) is 20.8. The fourth-order valence-electron chi connectivity index (χ4n) is 7.69. The van der Waals surface area contributed by atoms with Gasteiger partial charge in [-0.05, 0) is 122 Å². The molecular weight excluding hydrogens is 976 g/mol. The summed E-state index contributed by atoms with van der Waals surface area (Å²) in [5.41, 5.74) is 0. The molecule has 0 saturated heterocycles. The summed E-state index contributed by atoms with van der Waals surface area (Å²) < 4.78 is 39.5. The molecule has 0 aromatic carbocycles. The Morgan fingerprint density at radius 1 is 0.382 bits per heavy atom. The van der Waals surface area contributed by atoms with Gasteiger partial charge in [0.05, 0.1) is 19.8 Å². The number of carbonyl (C=O) groups is 3. The fraction of sp³-hybridized carbons (Fsp3) is 0.672. The molecule has 0 fully saturated rings. The van der Waals surface area contributed by atoms with Gasteiger partial charge in [0.25, 0.3) is 0 Å². The van der Waals surface area contributed by atoms with Gasteiger partial charge in [-0.2, -0.15) is 0 Å². The summed E-state index contributed by atoms with van der Waals surface area (Å²) in [5, 5.41) is 9.83. The maximum Gasteiger partial charge on any atom is 0.472 e. The van der Waals surface area contributed by atoms with E-state index in [1.807, 2.05) is 0 Å². The van der Waals surface area contributed by atoms with E-state index in [1.165, 1.54) is 38.5 Å². The first kappa shape index (κ1) is 72.1. The van der Waals surface area contributed by atoms with Gasteiger partial charge in [0.1, 0.15) is 12.7 Å². The van der Waals surface area contributed by atoms with Crippen LogP contribution >= 0.6 is 7.82 Å². The van der Waals surface area contributed by atoms with Crippen molar-refractivity contribution in [3.8, 4) is 0 Å². The zero-order valence-electron chi connectivity index (χ0n) is 47.9. The highest BCUT2D eigenvalue weighted by molar-refractivity contribution is 7.47. The molecule has 3 unspecified atom stereocenters. The summed E-state index contributed by atoms with van der Waals surface area (Å²) in [7, 11) is -4.77. The minimum absolute atomic E-state index is 0.121. The zero-order valence-corrected chi connectivity index (χ0v) is 48.8. The van der Waals surface area contributed by atoms with Crippen LogP contribution in [0.25, 0.3) is 0 Å². The van der Waals surface area contributed by atoms with Gasteiger partial charge in [0.15, 0.2) is 6.10 Å². The van der Waals surface area contributed by atoms with Crippen molar-refractivity contribution in [1.82, 2.24) is 0 Å². The lowest BCUT2D eigenvalue weighted by atomic mass is 10.1. The second kappa shape index (κ2) is 57.3. The van der Waals surface area contributed by atoms with E-state index in [0.29, 0.717) is 19.3 Å². The first-order valence-electron chi connectivity index (χ1n) is 29.8. The van der Waals surface area contributed by atoms with Gasteiger partial charge >= 0.3 is 25.7 Å². The lowest BCUT2D eigenvalue weighted by Gasteiger charge is -2.21. The van der Waals surface area contributed by atoms with E-state index in [4.69, 9.17) is 23.3 Å². The van der Waals surface area contributed by atoms with Crippen LogP contribution < -0.4 is 0 Å². The highest BCUT2D eigenvalue weighted by atomic mass is 31.2. The smallest absolute Gasteiger partial charge is 0.462 e. The number of hydrogen-bond acceptors (Lipinski definition) is 10. The van der Waals surface area contributed by atoms with E-state index in [0.717, 1.165) is 141 Å². The van der Waals surface area contributed by atoms with Gasteiger partial charge in [0, 0.05) is 19.3 Å². The maximum absolute atomic E-state index is 12.9. The molecule has 12 heteroatoms. The highest BCUT2D eigenvalue weighted by Gasteiger charge is 2.28. The van der Waals surface area contributed by atoms with Crippen molar-refractivity contribution in [3.63, 3.8) is 0 Å². The average molecular weight is 1080 g/mol. The molecule has 0 heterocycles. The number of allylic oxidation sites excluding steroid dienone is 18. The van der Waals surface area contributed by atoms with Gasteiger partial charge in [-0.1, -0.05) is 207 Å². The normalized spacial score (nSPS) is 14.1. The molecule has 0 aromatic heterocycles. The van der Waals surface area contributed by atoms with Crippen LogP contribution in [0.2, 0.25) is 0 Å². The van der Waals surface area contributed by atoms with Gasteiger partial charge in [-0.15, -0.1) is 0 Å². The third-order valence-corrected chi connectivity index (χ3v) is 13.1. The average Bonchev–Trinajstić information content (AvgIpc) is 3.41. The molecule has 11 nitrogen and oxygen atoms in total. The van der Waals surface area contributed by atoms with Gasteiger partial charge in [-0.3, -0.25) is 23.4 Å². The second-order valence-electron chi connectivity index (χ2n) is 19.4. The summed E-state index contributed by atoms with van der Waals surface area (Å²) in [5.74, 6) is -1.53. The van der Waals surface area contributed by atoms with E-state index < -0.39 is 57.8 Å². The number of rotatable bonds is 54. The Morgan fingerprint density at radius 2 is 0.684 bits per heavy atom. The maximum atomic E-state index is 12.9. The molecule has 0 saturated carbocycles. The van der Waals surface area contributed by atoms with Crippen LogP contribution in [0.15, 0.2) is 109 Å². The number of hydrogen-bond donors (Lipinski definition) is 2. The van der Waals surface area contributed by atoms with E-state index in [9.17, 15) is 28.9 Å². The molecule has 2 N–H and O–H groups in total. The number of aliphatic hydroxyl groups is 1. The van der Waals surface area contributed by atoms with Crippen molar-refractivity contribution < 1.29 is 52.2 Å². The number of aliphatic hydroxyl groups excluding tert-OH is 1. The van der Waals surface area contributed by atoms with Crippen LogP contribution in [0.1, 0.15) is 239 Å². The largest absolute Gasteiger partial charge is 0.472 e. The molecule has 0 rings (SSSR count). The number of ether oxygens (including phenoxy) is 3. The molecule has 0 spiro atoms. The highest BCUT2D eigenvalue weighted by Crippen LogP contribution is 2.43. The third-order valence-electron chi connectivity index (χ3n) is 12.2. The molecule has 0 aliphatic heterocycles. The molecule has 0 aliphatic rings. The monoisotopic (exact) mass is 1080 g/mol. The molecule has 0 aromatic rings. The van der Waals surface area contributed by atoms with E-state index in [-0.39, 0.29) is 25.9 Å². The van der Waals surface area contributed by atoms with Crippen molar-refractivity contribution in [2.75, 3.05) is 26.4 Å². The topological polar surface area (TPSA) is 155 Å². The van der Waals surface area contributed by atoms with Crippen LogP contribution in [-0.4, -0.2) is 66.5 Å². The van der Waals surface area contributed by atoms with Crippen LogP contribution in [0.5, 0.6) is 0 Å². The van der Waals surface area contributed by atoms with Crippen molar-refractivity contribution in [1.29, 1.82) is 0 Å². The third kappa shape index (κ3) is 54.9. The van der Waals surface area contributed by atoms with Crippen LogP contribution in [0, 0.1) is 0 Å². The Balaban J connectivity index is 4.78. The van der Waals surface area contributed by atoms with Crippen molar-refractivity contribution >= 4 is 25.7 Å². The quantitative estimate of drug-likeness (QED) is 0.0197. The molecule has 0 amide bonds. The number of phosphoric ester groups is 1. The van der Waals surface area contributed by atoms with Crippen LogP contribution in [-0.2, 0) is 42.2 Å². The Hall–Kier alpha value is -3.86. The molecule has 76 heavy (non-hydrogen) atoms. The van der Waals surface area contributed by atoms with Crippen LogP contribution in [0.3, 0.4) is 0 Å². The molecule has 0 bridgehead atoms. The standard InChI is InChI=1S/C64H107O11P/c1-4-7-10-13-16-19-22-25-27-29-30-32-34-37-40-43-46-49-52-55-64(68)75-61(57-71-62(66)53-50-47-44-41-38-35-24-21-18-15-12-9-6-3)59-73-76(69,70)72-58-60(56-65)74-63(67)54-51-48-45-42-39-36-33-31-28-26-23-20-17-14-11-8-5-2/h7-8,10-11,16-17,19-21,24-28,30,32,37,40,60-61,65H,4-6,9,12-15,18,22-23,29,31,33-36,38-39,41-59H2,1-3H3,(H,69,70)/b10-7-,11-8-,19-16-,20-17-,24-21-,27-25-,28-26-,32-30-,40-37-. The summed E-state index contributed by atoms with van der Waals surface area (Å²) in [6.07, 6.45) is 69.0. The predicted molar refractivity (Wildman–Crippen MR) is 316 cm³/mol.